The molecule has 0 aliphatic heterocycles. The number of allylic oxidation sites excluding steroid dienone is 1. The zero-order chi connectivity index (χ0) is 21.7. The quantitative estimate of drug-likeness (QED) is 0.130. The van der Waals surface area contributed by atoms with Gasteiger partial charge >= 0.3 is 5.97 Å². The van der Waals surface area contributed by atoms with Gasteiger partial charge in [0.2, 0.25) is 0 Å². The van der Waals surface area contributed by atoms with Crippen molar-refractivity contribution in [2.24, 2.45) is 0 Å². The van der Waals surface area contributed by atoms with Crippen LogP contribution >= 0.6 is 0 Å². The maximum Gasteiger partial charge on any atom is 0.305 e. The first-order chi connectivity index (χ1) is 14.8. The number of carbonyl (C=O) groups is 1. The normalized spacial score (nSPS) is 12.2. The second kappa shape index (κ2) is 19.2. The maximum absolute atomic E-state index is 11.0. The van der Waals surface area contributed by atoms with E-state index >= 15 is 0 Å². The summed E-state index contributed by atoms with van der Waals surface area (Å²) >= 11 is 0. The SMILES string of the molecule is CCCCCCC(C/C=C\CCCCCCCCCC(=O)OC)Oc1ccccc1. The second-order valence-electron chi connectivity index (χ2n) is 8.20. The zero-order valence-electron chi connectivity index (χ0n) is 19.5. The van der Waals surface area contributed by atoms with Crippen molar-refractivity contribution in [2.75, 3.05) is 7.11 Å². The number of hydrogen-bond acceptors (Lipinski definition) is 3. The van der Waals surface area contributed by atoms with E-state index in [4.69, 9.17) is 4.74 Å². The summed E-state index contributed by atoms with van der Waals surface area (Å²) < 4.78 is 10.9. The van der Waals surface area contributed by atoms with E-state index in [0.29, 0.717) is 6.42 Å². The first kappa shape index (κ1) is 26.3. The molecule has 0 saturated heterocycles. The van der Waals surface area contributed by atoms with Crippen LogP contribution in [0.2, 0.25) is 0 Å². The highest BCUT2D eigenvalue weighted by Gasteiger charge is 2.08. The summed E-state index contributed by atoms with van der Waals surface area (Å²) in [5, 5.41) is 0. The fraction of sp³-hybridized carbons (Fsp3) is 0.667. The number of unbranched alkanes of at least 4 members (excludes halogenated alkanes) is 10. The molecule has 3 heteroatoms. The molecule has 1 aromatic rings. The molecular formula is C27H44O3. The molecule has 0 bridgehead atoms. The highest BCUT2D eigenvalue weighted by molar-refractivity contribution is 5.68. The molecule has 0 heterocycles. The Kier molecular flexibility index (Phi) is 16.8. The van der Waals surface area contributed by atoms with E-state index in [1.165, 1.54) is 64.9 Å². The second-order valence-corrected chi connectivity index (χ2v) is 8.20. The van der Waals surface area contributed by atoms with Crippen molar-refractivity contribution in [3.63, 3.8) is 0 Å². The maximum atomic E-state index is 11.0. The lowest BCUT2D eigenvalue weighted by molar-refractivity contribution is -0.140. The molecule has 1 atom stereocenters. The van der Waals surface area contributed by atoms with Crippen LogP contribution in [0, 0.1) is 0 Å². The van der Waals surface area contributed by atoms with Crippen LogP contribution in [0.25, 0.3) is 0 Å². The summed E-state index contributed by atoms with van der Waals surface area (Å²) in [4.78, 5) is 11.0. The van der Waals surface area contributed by atoms with E-state index in [1.54, 1.807) is 0 Å². The number of rotatable bonds is 19. The van der Waals surface area contributed by atoms with Gasteiger partial charge in [-0.05, 0) is 44.2 Å². The third kappa shape index (κ3) is 15.1. The van der Waals surface area contributed by atoms with Gasteiger partial charge in [0, 0.05) is 12.8 Å². The van der Waals surface area contributed by atoms with E-state index in [-0.39, 0.29) is 12.1 Å². The van der Waals surface area contributed by atoms with E-state index < -0.39 is 0 Å². The first-order valence-electron chi connectivity index (χ1n) is 12.2. The Hall–Kier alpha value is -1.77. The molecule has 0 aliphatic carbocycles. The molecule has 0 fully saturated rings. The summed E-state index contributed by atoms with van der Waals surface area (Å²) in [6.07, 6.45) is 22.4. The average Bonchev–Trinajstić information content (AvgIpc) is 2.77. The molecule has 0 N–H and O–H groups in total. The van der Waals surface area contributed by atoms with Crippen molar-refractivity contribution in [1.82, 2.24) is 0 Å². The van der Waals surface area contributed by atoms with Crippen LogP contribution in [0.4, 0.5) is 0 Å². The van der Waals surface area contributed by atoms with Gasteiger partial charge in [0.15, 0.2) is 0 Å². The number of ether oxygens (including phenoxy) is 2. The predicted octanol–water partition coefficient (Wildman–Crippen LogP) is 8.03. The van der Waals surface area contributed by atoms with Crippen LogP contribution in [0.15, 0.2) is 42.5 Å². The molecule has 0 aromatic heterocycles. The van der Waals surface area contributed by atoms with Crippen molar-refractivity contribution in [3.05, 3.63) is 42.5 Å². The van der Waals surface area contributed by atoms with Crippen LogP contribution in [0.3, 0.4) is 0 Å². The molecule has 1 unspecified atom stereocenters. The number of hydrogen-bond donors (Lipinski definition) is 0. The van der Waals surface area contributed by atoms with Crippen LogP contribution in [-0.4, -0.2) is 19.2 Å². The van der Waals surface area contributed by atoms with Crippen molar-refractivity contribution >= 4 is 5.97 Å². The van der Waals surface area contributed by atoms with E-state index in [2.05, 4.69) is 35.9 Å². The molecule has 3 nitrogen and oxygen atoms in total. The fourth-order valence-electron chi connectivity index (χ4n) is 3.60. The molecule has 30 heavy (non-hydrogen) atoms. The Morgan fingerprint density at radius 2 is 1.53 bits per heavy atom. The van der Waals surface area contributed by atoms with Gasteiger partial charge in [-0.1, -0.05) is 88.6 Å². The van der Waals surface area contributed by atoms with E-state index in [9.17, 15) is 4.79 Å². The number of methoxy groups -OCH3 is 1. The smallest absolute Gasteiger partial charge is 0.305 e. The summed E-state index contributed by atoms with van der Waals surface area (Å²) in [7, 11) is 1.46. The molecule has 170 valence electrons. The molecule has 0 saturated carbocycles. The minimum atomic E-state index is -0.0841. The highest BCUT2D eigenvalue weighted by atomic mass is 16.5. The summed E-state index contributed by atoms with van der Waals surface area (Å²) in [5.41, 5.74) is 0. The van der Waals surface area contributed by atoms with Gasteiger partial charge < -0.3 is 9.47 Å². The predicted molar refractivity (Wildman–Crippen MR) is 127 cm³/mol. The Morgan fingerprint density at radius 1 is 0.867 bits per heavy atom. The van der Waals surface area contributed by atoms with Gasteiger partial charge in [-0.3, -0.25) is 4.79 Å². The highest BCUT2D eigenvalue weighted by Crippen LogP contribution is 2.18. The lowest BCUT2D eigenvalue weighted by Crippen LogP contribution is -2.15. The lowest BCUT2D eigenvalue weighted by Gasteiger charge is -2.18. The Labute approximate surface area is 185 Å². The third-order valence-corrected chi connectivity index (χ3v) is 5.47. The van der Waals surface area contributed by atoms with Crippen molar-refractivity contribution in [2.45, 2.75) is 109 Å². The van der Waals surface area contributed by atoms with Gasteiger partial charge in [0.05, 0.1) is 7.11 Å². The fourth-order valence-corrected chi connectivity index (χ4v) is 3.60. The molecule has 0 radical (unpaired) electrons. The van der Waals surface area contributed by atoms with Gasteiger partial charge in [0.25, 0.3) is 0 Å². The van der Waals surface area contributed by atoms with Crippen LogP contribution < -0.4 is 4.74 Å². The largest absolute Gasteiger partial charge is 0.490 e. The van der Waals surface area contributed by atoms with Crippen LogP contribution in [0.1, 0.15) is 103 Å². The van der Waals surface area contributed by atoms with Gasteiger partial charge in [-0.2, -0.15) is 0 Å². The number of benzene rings is 1. The van der Waals surface area contributed by atoms with Gasteiger partial charge in [-0.25, -0.2) is 0 Å². The van der Waals surface area contributed by atoms with Gasteiger partial charge in [0.1, 0.15) is 11.9 Å². The Bertz CT molecular complexity index is 538. The van der Waals surface area contributed by atoms with Crippen LogP contribution in [-0.2, 0) is 9.53 Å². The molecule has 0 aliphatic rings. The number of para-hydroxylation sites is 1. The molecule has 0 spiro atoms. The van der Waals surface area contributed by atoms with Crippen molar-refractivity contribution < 1.29 is 14.3 Å². The molecular weight excluding hydrogens is 372 g/mol. The molecule has 1 rings (SSSR count). The Morgan fingerprint density at radius 3 is 2.23 bits per heavy atom. The first-order valence-corrected chi connectivity index (χ1v) is 12.2. The minimum absolute atomic E-state index is 0.0841. The van der Waals surface area contributed by atoms with E-state index in [1.807, 2.05) is 18.2 Å². The Balaban J connectivity index is 2.11. The van der Waals surface area contributed by atoms with Crippen molar-refractivity contribution in [1.29, 1.82) is 0 Å². The minimum Gasteiger partial charge on any atom is -0.490 e. The average molecular weight is 417 g/mol. The number of carbonyl (C=O) groups excluding carboxylic acids is 1. The van der Waals surface area contributed by atoms with Crippen molar-refractivity contribution in [3.8, 4) is 5.75 Å². The van der Waals surface area contributed by atoms with Crippen LogP contribution in [0.5, 0.6) is 5.75 Å². The monoisotopic (exact) mass is 416 g/mol. The lowest BCUT2D eigenvalue weighted by atomic mass is 10.1. The topological polar surface area (TPSA) is 35.5 Å². The summed E-state index contributed by atoms with van der Waals surface area (Å²) in [5.74, 6) is 0.900. The number of esters is 1. The standard InChI is InChI=1S/C27H44O3/c1-3-4-5-15-20-25(30-26-22-17-14-18-23-26)21-16-12-10-8-6-7-9-11-13-19-24-27(28)29-2/h12,14,16-18,22-23,25H,3-11,13,15,19-21,24H2,1-2H3/b16-12-. The zero-order valence-corrected chi connectivity index (χ0v) is 19.5. The molecule has 1 aromatic carbocycles. The molecule has 0 amide bonds. The van der Waals surface area contributed by atoms with Gasteiger partial charge in [-0.15, -0.1) is 0 Å². The summed E-state index contributed by atoms with van der Waals surface area (Å²) in [6.45, 7) is 2.26. The van der Waals surface area contributed by atoms with E-state index in [0.717, 1.165) is 37.9 Å². The summed E-state index contributed by atoms with van der Waals surface area (Å²) in [6, 6.07) is 10.2. The third-order valence-electron chi connectivity index (χ3n) is 5.47.